The average molecular weight is 384 g/mol. The first-order valence-corrected chi connectivity index (χ1v) is 9.37. The topological polar surface area (TPSA) is 70.1 Å². The Morgan fingerprint density at radius 1 is 1.07 bits per heavy atom. The van der Waals surface area contributed by atoms with E-state index < -0.39 is 5.91 Å². The second-order valence-corrected chi connectivity index (χ2v) is 7.03. The molecule has 1 aromatic heterocycles. The van der Waals surface area contributed by atoms with Crippen LogP contribution in [0.15, 0.2) is 65.8 Å². The molecule has 3 aromatic carbocycles. The van der Waals surface area contributed by atoms with Gasteiger partial charge in [0.25, 0.3) is 5.91 Å². The summed E-state index contributed by atoms with van der Waals surface area (Å²) >= 11 is 0. The van der Waals surface area contributed by atoms with Gasteiger partial charge in [0, 0.05) is 5.56 Å². The molecule has 1 amide bonds. The Morgan fingerprint density at radius 3 is 2.76 bits per heavy atom. The third kappa shape index (κ3) is 3.18. The van der Waals surface area contributed by atoms with Crippen LogP contribution in [0.3, 0.4) is 0 Å². The van der Waals surface area contributed by atoms with Crippen LogP contribution in [0.25, 0.3) is 22.0 Å². The van der Waals surface area contributed by atoms with Gasteiger partial charge in [0.05, 0.1) is 11.9 Å². The molecule has 0 aliphatic heterocycles. The van der Waals surface area contributed by atoms with Crippen LogP contribution in [0.1, 0.15) is 27.2 Å². The molecule has 29 heavy (non-hydrogen) atoms. The molecule has 4 aromatic rings. The molecular formula is C23H17FN4O. The number of carbonyl (C=O) groups is 1. The highest BCUT2D eigenvalue weighted by molar-refractivity contribution is 6.02. The van der Waals surface area contributed by atoms with E-state index in [4.69, 9.17) is 0 Å². The maximum Gasteiger partial charge on any atom is 0.289 e. The summed E-state index contributed by atoms with van der Waals surface area (Å²) in [6.07, 6.45) is 3.52. The number of aryl methyl sites for hydroxylation is 2. The first-order chi connectivity index (χ1) is 14.2. The van der Waals surface area contributed by atoms with Crippen LogP contribution >= 0.6 is 0 Å². The highest BCUT2D eigenvalue weighted by Gasteiger charge is 2.18. The predicted molar refractivity (Wildman–Crippen MR) is 110 cm³/mol. The van der Waals surface area contributed by atoms with Gasteiger partial charge < -0.3 is 0 Å². The molecule has 6 heteroatoms. The highest BCUT2D eigenvalue weighted by atomic mass is 19.1. The molecule has 0 unspecified atom stereocenters. The Bertz CT molecular complexity index is 1260. The predicted octanol–water partition coefficient (Wildman–Crippen LogP) is 4.23. The summed E-state index contributed by atoms with van der Waals surface area (Å²) in [5.74, 6) is -0.772. The summed E-state index contributed by atoms with van der Waals surface area (Å²) in [6, 6.07) is 18.2. The standard InChI is InChI=1S/C23H17FN4O/c24-17-5-1-3-14(11-17)13-25-28-23(29)21-12-20(26-27-21)18-10-9-16-8-7-15-4-2-6-19(18)22(15)16/h1-6,9-13H,7-8H2,(H,26,27)(H,28,29). The van der Waals surface area contributed by atoms with Crippen molar-refractivity contribution < 1.29 is 9.18 Å². The molecule has 0 atom stereocenters. The average Bonchev–Trinajstić information content (AvgIpc) is 3.37. The van der Waals surface area contributed by atoms with Crippen molar-refractivity contribution in [3.63, 3.8) is 0 Å². The molecule has 0 spiro atoms. The van der Waals surface area contributed by atoms with Crippen LogP contribution in [-0.4, -0.2) is 22.3 Å². The SMILES string of the molecule is O=C(NN=Cc1cccc(F)c1)c1cc(-c2ccc3c4c(cccc24)CC3)n[nH]1. The fourth-order valence-corrected chi connectivity index (χ4v) is 3.86. The van der Waals surface area contributed by atoms with E-state index in [1.165, 1.54) is 34.9 Å². The quantitative estimate of drug-likeness (QED) is 0.408. The normalized spacial score (nSPS) is 12.7. The fraction of sp³-hybridized carbons (Fsp3) is 0.0870. The molecule has 2 N–H and O–H groups in total. The lowest BCUT2D eigenvalue weighted by molar-refractivity contribution is 0.0950. The number of halogens is 1. The second-order valence-electron chi connectivity index (χ2n) is 7.03. The molecular weight excluding hydrogens is 367 g/mol. The third-order valence-electron chi connectivity index (χ3n) is 5.20. The van der Waals surface area contributed by atoms with Crippen LogP contribution in [0, 0.1) is 5.82 Å². The van der Waals surface area contributed by atoms with Gasteiger partial charge >= 0.3 is 0 Å². The molecule has 1 aliphatic rings. The zero-order chi connectivity index (χ0) is 19.8. The minimum atomic E-state index is -0.415. The Labute approximate surface area is 166 Å². The minimum absolute atomic E-state index is 0.305. The number of benzene rings is 3. The molecule has 0 radical (unpaired) electrons. The summed E-state index contributed by atoms with van der Waals surface area (Å²) in [4.78, 5) is 12.4. The van der Waals surface area contributed by atoms with Gasteiger partial charge in [0.1, 0.15) is 11.5 Å². The summed E-state index contributed by atoms with van der Waals surface area (Å²) in [5.41, 5.74) is 7.72. The zero-order valence-electron chi connectivity index (χ0n) is 15.4. The number of nitrogens with zero attached hydrogens (tertiary/aromatic N) is 2. The van der Waals surface area contributed by atoms with E-state index in [1.807, 2.05) is 0 Å². The minimum Gasteiger partial charge on any atom is -0.272 e. The van der Waals surface area contributed by atoms with E-state index >= 15 is 0 Å². The number of H-pyrrole nitrogens is 1. The van der Waals surface area contributed by atoms with Crippen molar-refractivity contribution in [1.82, 2.24) is 15.6 Å². The first-order valence-electron chi connectivity index (χ1n) is 9.37. The van der Waals surface area contributed by atoms with E-state index in [0.29, 0.717) is 17.0 Å². The zero-order valence-corrected chi connectivity index (χ0v) is 15.4. The molecule has 142 valence electrons. The molecule has 1 aliphatic carbocycles. The van der Waals surface area contributed by atoms with E-state index in [0.717, 1.165) is 23.8 Å². The monoisotopic (exact) mass is 384 g/mol. The van der Waals surface area contributed by atoms with Crippen LogP contribution < -0.4 is 5.43 Å². The molecule has 5 nitrogen and oxygen atoms in total. The van der Waals surface area contributed by atoms with E-state index in [1.54, 1.807) is 18.2 Å². The van der Waals surface area contributed by atoms with Gasteiger partial charge in [-0.05, 0) is 58.5 Å². The van der Waals surface area contributed by atoms with Crippen LogP contribution in [0.5, 0.6) is 0 Å². The van der Waals surface area contributed by atoms with E-state index in [-0.39, 0.29) is 5.82 Å². The molecule has 1 heterocycles. The maximum absolute atomic E-state index is 13.2. The largest absolute Gasteiger partial charge is 0.289 e. The maximum atomic E-state index is 13.2. The molecule has 0 fully saturated rings. The number of amides is 1. The lowest BCUT2D eigenvalue weighted by Crippen LogP contribution is -2.18. The van der Waals surface area contributed by atoms with Gasteiger partial charge in [-0.1, -0.05) is 42.5 Å². The summed E-state index contributed by atoms with van der Waals surface area (Å²) in [6.45, 7) is 0. The second kappa shape index (κ2) is 6.98. The summed E-state index contributed by atoms with van der Waals surface area (Å²) in [5, 5.41) is 13.4. The van der Waals surface area contributed by atoms with Gasteiger partial charge in [-0.2, -0.15) is 10.2 Å². The van der Waals surface area contributed by atoms with Gasteiger partial charge in [-0.15, -0.1) is 0 Å². The Hall–Kier alpha value is -3.80. The summed E-state index contributed by atoms with van der Waals surface area (Å²) in [7, 11) is 0. The number of carbonyl (C=O) groups excluding carboxylic acids is 1. The molecule has 0 bridgehead atoms. The van der Waals surface area contributed by atoms with Gasteiger partial charge in [0.15, 0.2) is 0 Å². The van der Waals surface area contributed by atoms with Crippen molar-refractivity contribution >= 4 is 22.9 Å². The van der Waals surface area contributed by atoms with Gasteiger partial charge in [-0.25, -0.2) is 9.82 Å². The number of aromatic amines is 1. The molecule has 0 saturated carbocycles. The number of aromatic nitrogens is 2. The van der Waals surface area contributed by atoms with Crippen molar-refractivity contribution in [2.24, 2.45) is 5.10 Å². The Kier molecular flexibility index (Phi) is 4.17. The Morgan fingerprint density at radius 2 is 1.90 bits per heavy atom. The van der Waals surface area contributed by atoms with Crippen molar-refractivity contribution in [1.29, 1.82) is 0 Å². The van der Waals surface area contributed by atoms with E-state index in [2.05, 4.69) is 51.1 Å². The third-order valence-corrected chi connectivity index (χ3v) is 5.20. The van der Waals surface area contributed by atoms with Crippen molar-refractivity contribution in [2.45, 2.75) is 12.8 Å². The van der Waals surface area contributed by atoms with Crippen LogP contribution in [0.2, 0.25) is 0 Å². The van der Waals surface area contributed by atoms with Gasteiger partial charge in [-0.3, -0.25) is 9.89 Å². The smallest absolute Gasteiger partial charge is 0.272 e. The van der Waals surface area contributed by atoms with Crippen molar-refractivity contribution in [3.05, 3.63) is 88.9 Å². The molecule has 0 saturated heterocycles. The summed E-state index contributed by atoms with van der Waals surface area (Å²) < 4.78 is 13.2. The van der Waals surface area contributed by atoms with Gasteiger partial charge in [0.2, 0.25) is 0 Å². The van der Waals surface area contributed by atoms with E-state index in [9.17, 15) is 9.18 Å². The lowest BCUT2D eigenvalue weighted by atomic mass is 9.98. The number of hydrazone groups is 1. The van der Waals surface area contributed by atoms with Crippen molar-refractivity contribution in [3.8, 4) is 11.3 Å². The van der Waals surface area contributed by atoms with Crippen LogP contribution in [-0.2, 0) is 12.8 Å². The first kappa shape index (κ1) is 17.3. The lowest BCUT2D eigenvalue weighted by Gasteiger charge is -2.06. The van der Waals surface area contributed by atoms with Crippen molar-refractivity contribution in [2.75, 3.05) is 0 Å². The number of hydrogen-bond donors (Lipinski definition) is 2. The number of nitrogens with one attached hydrogen (secondary N) is 2. The Balaban J connectivity index is 1.39. The fourth-order valence-electron chi connectivity index (χ4n) is 3.86. The van der Waals surface area contributed by atoms with Crippen LogP contribution in [0.4, 0.5) is 4.39 Å². The highest BCUT2D eigenvalue weighted by Crippen LogP contribution is 2.36. The molecule has 5 rings (SSSR count). The number of hydrogen-bond acceptors (Lipinski definition) is 3. The number of rotatable bonds is 4.